The van der Waals surface area contributed by atoms with Crippen molar-refractivity contribution in [2.75, 3.05) is 5.32 Å². The van der Waals surface area contributed by atoms with Gasteiger partial charge in [-0.25, -0.2) is 4.98 Å². The summed E-state index contributed by atoms with van der Waals surface area (Å²) >= 11 is 5.17. The van der Waals surface area contributed by atoms with Crippen LogP contribution in [0.1, 0.15) is 5.76 Å². The van der Waals surface area contributed by atoms with E-state index < -0.39 is 0 Å². The molecule has 0 radical (unpaired) electrons. The van der Waals surface area contributed by atoms with E-state index in [1.54, 1.807) is 18.2 Å². The molecule has 6 nitrogen and oxygen atoms in total. The van der Waals surface area contributed by atoms with Crippen LogP contribution in [0, 0.1) is 0 Å². The number of aromatic nitrogens is 1. The highest BCUT2D eigenvalue weighted by Crippen LogP contribution is 2.25. The lowest BCUT2D eigenvalue weighted by molar-refractivity contribution is -0.115. The van der Waals surface area contributed by atoms with E-state index in [2.05, 4.69) is 15.6 Å². The number of nitrogens with one attached hydrogen (secondary N) is 2. The monoisotopic (exact) mass is 389 g/mol. The third-order valence-electron chi connectivity index (χ3n) is 3.86. The van der Waals surface area contributed by atoms with Gasteiger partial charge in [0.05, 0.1) is 6.26 Å². The van der Waals surface area contributed by atoms with E-state index in [0.29, 0.717) is 11.7 Å². The highest BCUT2D eigenvalue weighted by atomic mass is 32.1. The molecule has 4 rings (SSSR count). The van der Waals surface area contributed by atoms with E-state index in [1.165, 1.54) is 12.3 Å². The van der Waals surface area contributed by atoms with E-state index >= 15 is 0 Å². The van der Waals surface area contributed by atoms with Crippen LogP contribution in [-0.2, 0) is 4.79 Å². The van der Waals surface area contributed by atoms with Crippen LogP contribution in [0.5, 0.6) is 0 Å². The van der Waals surface area contributed by atoms with Crippen LogP contribution < -0.4 is 10.6 Å². The Morgan fingerprint density at radius 3 is 2.61 bits per heavy atom. The van der Waals surface area contributed by atoms with Gasteiger partial charge in [-0.1, -0.05) is 12.1 Å². The zero-order chi connectivity index (χ0) is 19.3. The van der Waals surface area contributed by atoms with Gasteiger partial charge in [0.15, 0.2) is 10.7 Å². The van der Waals surface area contributed by atoms with Crippen molar-refractivity contribution >= 4 is 46.1 Å². The van der Waals surface area contributed by atoms with Crippen molar-refractivity contribution in [2.45, 2.75) is 0 Å². The molecule has 28 heavy (non-hydrogen) atoms. The summed E-state index contributed by atoms with van der Waals surface area (Å²) in [6.45, 7) is 0. The molecule has 4 aromatic rings. The van der Waals surface area contributed by atoms with Gasteiger partial charge in [-0.15, -0.1) is 0 Å². The molecule has 0 unspecified atom stereocenters. The number of hydrogen-bond acceptors (Lipinski definition) is 5. The summed E-state index contributed by atoms with van der Waals surface area (Å²) in [6.07, 6.45) is 4.45. The molecule has 2 aromatic heterocycles. The predicted molar refractivity (Wildman–Crippen MR) is 112 cm³/mol. The first-order valence-corrected chi connectivity index (χ1v) is 8.88. The van der Waals surface area contributed by atoms with E-state index in [9.17, 15) is 4.79 Å². The Kier molecular flexibility index (Phi) is 4.99. The van der Waals surface area contributed by atoms with Crippen molar-refractivity contribution in [2.24, 2.45) is 0 Å². The SMILES string of the molecule is O=C(/C=C/c1ccco1)NC(=S)Nc1ccc(-c2nc3ccccc3o2)cc1. The number of nitrogens with zero attached hydrogens (tertiary/aromatic N) is 1. The van der Waals surface area contributed by atoms with Crippen LogP contribution >= 0.6 is 12.2 Å². The van der Waals surface area contributed by atoms with Gasteiger partial charge in [-0.2, -0.15) is 0 Å². The minimum Gasteiger partial charge on any atom is -0.465 e. The number of benzene rings is 2. The lowest BCUT2D eigenvalue weighted by Gasteiger charge is -2.08. The fourth-order valence-corrected chi connectivity index (χ4v) is 2.77. The van der Waals surface area contributed by atoms with E-state index in [1.807, 2.05) is 48.5 Å². The molecular formula is C21H15N3O3S. The molecule has 0 bridgehead atoms. The summed E-state index contributed by atoms with van der Waals surface area (Å²) in [4.78, 5) is 16.3. The summed E-state index contributed by atoms with van der Waals surface area (Å²) in [5.74, 6) is 0.785. The molecule has 2 heterocycles. The Balaban J connectivity index is 1.37. The van der Waals surface area contributed by atoms with Crippen molar-refractivity contribution in [1.82, 2.24) is 10.3 Å². The topological polar surface area (TPSA) is 80.3 Å². The maximum absolute atomic E-state index is 11.9. The Morgan fingerprint density at radius 2 is 1.86 bits per heavy atom. The average Bonchev–Trinajstić information content (AvgIpc) is 3.36. The molecule has 2 aromatic carbocycles. The molecule has 0 saturated heterocycles. The molecule has 0 aliphatic heterocycles. The third-order valence-corrected chi connectivity index (χ3v) is 4.07. The van der Waals surface area contributed by atoms with Crippen molar-refractivity contribution < 1.29 is 13.6 Å². The zero-order valence-corrected chi connectivity index (χ0v) is 15.4. The Morgan fingerprint density at radius 1 is 1.04 bits per heavy atom. The summed E-state index contributed by atoms with van der Waals surface area (Å²) in [5, 5.41) is 5.74. The second-order valence-electron chi connectivity index (χ2n) is 5.86. The molecule has 0 aliphatic rings. The number of rotatable bonds is 4. The minimum absolute atomic E-state index is 0.198. The van der Waals surface area contributed by atoms with Gasteiger partial charge >= 0.3 is 0 Å². The molecule has 7 heteroatoms. The first-order valence-electron chi connectivity index (χ1n) is 8.47. The summed E-state index contributed by atoms with van der Waals surface area (Å²) in [6, 6.07) is 18.5. The minimum atomic E-state index is -0.350. The van der Waals surface area contributed by atoms with Crippen LogP contribution in [0.15, 0.2) is 81.8 Å². The van der Waals surface area contributed by atoms with Crippen molar-refractivity contribution in [3.8, 4) is 11.5 Å². The molecule has 1 amide bonds. The molecule has 0 aliphatic carbocycles. The van der Waals surface area contributed by atoms with E-state index in [0.717, 1.165) is 22.4 Å². The number of anilines is 1. The van der Waals surface area contributed by atoms with Crippen LogP contribution in [0.4, 0.5) is 5.69 Å². The van der Waals surface area contributed by atoms with Crippen LogP contribution in [-0.4, -0.2) is 16.0 Å². The fourth-order valence-electron chi connectivity index (χ4n) is 2.55. The number of para-hydroxylation sites is 2. The number of amides is 1. The standard InChI is InChI=1S/C21H15N3O3S/c25-19(12-11-16-4-3-13-26-16)24-21(28)22-15-9-7-14(8-10-15)20-23-17-5-1-2-6-18(17)27-20/h1-13H,(H2,22,24,25,28)/b12-11+. The Labute approximate surface area is 165 Å². The smallest absolute Gasteiger partial charge is 0.250 e. The Bertz CT molecular complexity index is 1110. The van der Waals surface area contributed by atoms with Crippen LogP contribution in [0.25, 0.3) is 28.6 Å². The molecule has 0 saturated carbocycles. The molecule has 2 N–H and O–H groups in total. The van der Waals surface area contributed by atoms with Crippen molar-refractivity contribution in [3.63, 3.8) is 0 Å². The van der Waals surface area contributed by atoms with Gasteiger partial charge in [-0.05, 0) is 66.8 Å². The molecule has 0 spiro atoms. The van der Waals surface area contributed by atoms with Gasteiger partial charge in [0.2, 0.25) is 11.8 Å². The molecule has 0 fully saturated rings. The predicted octanol–water partition coefficient (Wildman–Crippen LogP) is 4.61. The van der Waals surface area contributed by atoms with Crippen molar-refractivity contribution in [1.29, 1.82) is 0 Å². The van der Waals surface area contributed by atoms with Crippen molar-refractivity contribution in [3.05, 3.63) is 78.8 Å². The van der Waals surface area contributed by atoms with E-state index in [-0.39, 0.29) is 11.0 Å². The van der Waals surface area contributed by atoms with Gasteiger partial charge in [0.25, 0.3) is 0 Å². The number of oxazole rings is 1. The highest BCUT2D eigenvalue weighted by Gasteiger charge is 2.08. The second kappa shape index (κ2) is 7.89. The number of furan rings is 1. The number of fused-ring (bicyclic) bond motifs is 1. The number of carbonyl (C=O) groups excluding carboxylic acids is 1. The van der Waals surface area contributed by atoms with E-state index in [4.69, 9.17) is 21.1 Å². The van der Waals surface area contributed by atoms with Crippen LogP contribution in [0.3, 0.4) is 0 Å². The van der Waals surface area contributed by atoms with Gasteiger partial charge in [0.1, 0.15) is 11.3 Å². The maximum atomic E-state index is 11.9. The fraction of sp³-hybridized carbons (Fsp3) is 0. The molecule has 138 valence electrons. The van der Waals surface area contributed by atoms with Gasteiger partial charge in [-0.3, -0.25) is 10.1 Å². The average molecular weight is 389 g/mol. The quantitative estimate of drug-likeness (QED) is 0.392. The maximum Gasteiger partial charge on any atom is 0.250 e. The molecular weight excluding hydrogens is 374 g/mol. The normalized spacial score (nSPS) is 11.0. The molecule has 0 atom stereocenters. The zero-order valence-electron chi connectivity index (χ0n) is 14.6. The third kappa shape index (κ3) is 4.16. The highest BCUT2D eigenvalue weighted by molar-refractivity contribution is 7.80. The lowest BCUT2D eigenvalue weighted by Crippen LogP contribution is -2.32. The Hall–Kier alpha value is -3.71. The van der Waals surface area contributed by atoms with Gasteiger partial charge in [0, 0.05) is 17.3 Å². The van der Waals surface area contributed by atoms with Gasteiger partial charge < -0.3 is 14.2 Å². The summed E-state index contributed by atoms with van der Waals surface area (Å²) in [5.41, 5.74) is 3.13. The largest absolute Gasteiger partial charge is 0.465 e. The first-order chi connectivity index (χ1) is 13.7. The summed E-state index contributed by atoms with van der Waals surface area (Å²) in [7, 11) is 0. The second-order valence-corrected chi connectivity index (χ2v) is 6.26. The number of thiocarbonyl (C=S) groups is 1. The first kappa shape index (κ1) is 17.7. The number of carbonyl (C=O) groups is 1. The van der Waals surface area contributed by atoms with Crippen LogP contribution in [0.2, 0.25) is 0 Å². The summed E-state index contributed by atoms with van der Waals surface area (Å²) < 4.78 is 10.9. The number of hydrogen-bond donors (Lipinski definition) is 2. The lowest BCUT2D eigenvalue weighted by atomic mass is 10.2.